The summed E-state index contributed by atoms with van der Waals surface area (Å²) in [6.45, 7) is 2.55. The highest BCUT2D eigenvalue weighted by Gasteiger charge is 2.24. The van der Waals surface area contributed by atoms with E-state index in [4.69, 9.17) is 9.47 Å². The molecule has 0 atom stereocenters. The van der Waals surface area contributed by atoms with Gasteiger partial charge in [0.1, 0.15) is 11.5 Å². The topological polar surface area (TPSA) is 80.8 Å². The number of amides is 2. The summed E-state index contributed by atoms with van der Waals surface area (Å²) in [5.74, 6) is 1.06. The Kier molecular flexibility index (Phi) is 5.18. The fraction of sp³-hybridized carbons (Fsp3) is 0.190. The number of thiazole rings is 1. The molecular formula is C21H19N3O4S. The third kappa shape index (κ3) is 3.79. The first kappa shape index (κ1) is 18.9. The van der Waals surface area contributed by atoms with E-state index in [0.29, 0.717) is 28.7 Å². The summed E-state index contributed by atoms with van der Waals surface area (Å²) in [4.78, 5) is 30.7. The molecule has 29 heavy (non-hydrogen) atoms. The van der Waals surface area contributed by atoms with Crippen molar-refractivity contribution in [2.45, 2.75) is 6.92 Å². The van der Waals surface area contributed by atoms with Gasteiger partial charge in [-0.25, -0.2) is 4.98 Å². The van der Waals surface area contributed by atoms with Crippen LogP contribution in [0.2, 0.25) is 0 Å². The largest absolute Gasteiger partial charge is 0.497 e. The molecule has 1 aromatic heterocycles. The molecule has 0 bridgehead atoms. The van der Waals surface area contributed by atoms with Crippen LogP contribution in [0.15, 0.2) is 47.8 Å². The van der Waals surface area contributed by atoms with Crippen LogP contribution in [0.1, 0.15) is 17.3 Å². The molecule has 0 saturated carbocycles. The molecular weight excluding hydrogens is 390 g/mol. The van der Waals surface area contributed by atoms with Gasteiger partial charge in [0.25, 0.3) is 11.8 Å². The first-order chi connectivity index (χ1) is 14.1. The highest BCUT2D eigenvalue weighted by Crippen LogP contribution is 2.36. The van der Waals surface area contributed by atoms with E-state index in [-0.39, 0.29) is 18.4 Å². The quantitative estimate of drug-likeness (QED) is 0.693. The molecule has 0 radical (unpaired) electrons. The number of ether oxygens (including phenoxy) is 2. The summed E-state index contributed by atoms with van der Waals surface area (Å²) in [5.41, 5.74) is 2.82. The Morgan fingerprint density at radius 2 is 2.07 bits per heavy atom. The van der Waals surface area contributed by atoms with Gasteiger partial charge in [-0.15, -0.1) is 11.3 Å². The number of aromatic nitrogens is 1. The molecule has 0 spiro atoms. The summed E-state index contributed by atoms with van der Waals surface area (Å²) >= 11 is 1.34. The number of rotatable bonds is 5. The second kappa shape index (κ2) is 7.92. The van der Waals surface area contributed by atoms with Crippen molar-refractivity contribution in [3.63, 3.8) is 0 Å². The first-order valence-corrected chi connectivity index (χ1v) is 9.95. The van der Waals surface area contributed by atoms with E-state index in [1.807, 2.05) is 30.5 Å². The Bertz CT molecular complexity index is 1060. The van der Waals surface area contributed by atoms with Crippen LogP contribution in [-0.2, 0) is 4.79 Å². The normalized spacial score (nSPS) is 12.9. The van der Waals surface area contributed by atoms with Crippen LogP contribution < -0.4 is 19.7 Å². The highest BCUT2D eigenvalue weighted by atomic mass is 32.1. The zero-order valence-electron chi connectivity index (χ0n) is 16.0. The van der Waals surface area contributed by atoms with E-state index in [2.05, 4.69) is 10.3 Å². The fourth-order valence-corrected chi connectivity index (χ4v) is 3.80. The summed E-state index contributed by atoms with van der Waals surface area (Å²) < 4.78 is 10.6. The standard InChI is InChI=1S/C21H19N3O4S/c1-3-24-17-10-14(6-9-18(17)28-11-19(24)25)16-12-29-21(22-16)23-20(26)13-4-7-15(27-2)8-5-13/h4-10,12H,3,11H2,1-2H3,(H,22,23,26). The van der Waals surface area contributed by atoms with E-state index in [0.717, 1.165) is 16.9 Å². The number of hydrogen-bond donors (Lipinski definition) is 1. The molecule has 0 saturated heterocycles. The van der Waals surface area contributed by atoms with Gasteiger partial charge >= 0.3 is 0 Å². The number of carbonyl (C=O) groups is 2. The number of likely N-dealkylation sites (N-methyl/N-ethyl adjacent to an activating group) is 1. The van der Waals surface area contributed by atoms with E-state index < -0.39 is 0 Å². The Morgan fingerprint density at radius 1 is 1.28 bits per heavy atom. The monoisotopic (exact) mass is 409 g/mol. The third-order valence-electron chi connectivity index (χ3n) is 4.59. The summed E-state index contributed by atoms with van der Waals surface area (Å²) in [7, 11) is 1.58. The number of anilines is 2. The van der Waals surface area contributed by atoms with Crippen LogP contribution >= 0.6 is 11.3 Å². The molecule has 1 N–H and O–H groups in total. The van der Waals surface area contributed by atoms with Gasteiger partial charge < -0.3 is 14.4 Å². The molecule has 0 fully saturated rings. The average molecular weight is 409 g/mol. The van der Waals surface area contributed by atoms with Crippen molar-refractivity contribution in [2.24, 2.45) is 0 Å². The van der Waals surface area contributed by atoms with E-state index in [1.54, 1.807) is 36.3 Å². The summed E-state index contributed by atoms with van der Waals surface area (Å²) in [5, 5.41) is 5.18. The van der Waals surface area contributed by atoms with Crippen molar-refractivity contribution < 1.29 is 19.1 Å². The Labute approximate surface area is 171 Å². The number of nitrogens with one attached hydrogen (secondary N) is 1. The minimum absolute atomic E-state index is 0.0540. The lowest BCUT2D eigenvalue weighted by molar-refractivity contribution is -0.121. The molecule has 4 rings (SSSR count). The van der Waals surface area contributed by atoms with Crippen LogP contribution in [0.5, 0.6) is 11.5 Å². The van der Waals surface area contributed by atoms with Gasteiger partial charge in [0, 0.05) is 23.1 Å². The number of benzene rings is 2. The van der Waals surface area contributed by atoms with Crippen molar-refractivity contribution in [1.82, 2.24) is 4.98 Å². The lowest BCUT2D eigenvalue weighted by Crippen LogP contribution is -2.38. The number of fused-ring (bicyclic) bond motifs is 1. The van der Waals surface area contributed by atoms with Gasteiger partial charge in [0.05, 0.1) is 18.5 Å². The Morgan fingerprint density at radius 3 is 2.79 bits per heavy atom. The maximum atomic E-state index is 12.4. The second-order valence-electron chi connectivity index (χ2n) is 6.33. The molecule has 2 heterocycles. The minimum atomic E-state index is -0.241. The van der Waals surface area contributed by atoms with Crippen LogP contribution in [0.3, 0.4) is 0 Å². The Hall–Kier alpha value is -3.39. The number of methoxy groups -OCH3 is 1. The maximum absolute atomic E-state index is 12.4. The molecule has 8 heteroatoms. The molecule has 3 aromatic rings. The molecule has 2 amide bonds. The molecule has 2 aromatic carbocycles. The van der Waals surface area contributed by atoms with Gasteiger partial charge in [-0.2, -0.15) is 0 Å². The number of nitrogens with zero attached hydrogens (tertiary/aromatic N) is 2. The third-order valence-corrected chi connectivity index (χ3v) is 5.35. The van der Waals surface area contributed by atoms with Gasteiger partial charge in [0.2, 0.25) is 0 Å². The number of hydrogen-bond acceptors (Lipinski definition) is 6. The smallest absolute Gasteiger partial charge is 0.265 e. The first-order valence-electron chi connectivity index (χ1n) is 9.07. The van der Waals surface area contributed by atoms with Crippen LogP contribution in [-0.4, -0.2) is 37.1 Å². The molecule has 0 aliphatic carbocycles. The van der Waals surface area contributed by atoms with Gasteiger partial charge in [0.15, 0.2) is 11.7 Å². The van der Waals surface area contributed by atoms with Gasteiger partial charge in [-0.1, -0.05) is 0 Å². The lowest BCUT2D eigenvalue weighted by atomic mass is 10.1. The molecule has 7 nitrogen and oxygen atoms in total. The van der Waals surface area contributed by atoms with Crippen molar-refractivity contribution in [3.8, 4) is 22.8 Å². The van der Waals surface area contributed by atoms with Crippen LogP contribution in [0.4, 0.5) is 10.8 Å². The van der Waals surface area contributed by atoms with Crippen molar-refractivity contribution >= 4 is 34.0 Å². The fourth-order valence-electron chi connectivity index (χ4n) is 3.08. The summed E-state index contributed by atoms with van der Waals surface area (Å²) in [6.07, 6.45) is 0. The molecule has 1 aliphatic heterocycles. The number of carbonyl (C=O) groups excluding carboxylic acids is 2. The average Bonchev–Trinajstić information content (AvgIpc) is 3.21. The zero-order valence-corrected chi connectivity index (χ0v) is 16.8. The predicted octanol–water partition coefficient (Wildman–Crippen LogP) is 3.82. The van der Waals surface area contributed by atoms with E-state index in [9.17, 15) is 9.59 Å². The molecule has 1 aliphatic rings. The summed E-state index contributed by atoms with van der Waals surface area (Å²) in [6, 6.07) is 12.5. The molecule has 0 unspecified atom stereocenters. The highest BCUT2D eigenvalue weighted by molar-refractivity contribution is 7.14. The zero-order chi connectivity index (χ0) is 20.4. The maximum Gasteiger partial charge on any atom is 0.265 e. The molecule has 148 valence electrons. The second-order valence-corrected chi connectivity index (χ2v) is 7.19. The minimum Gasteiger partial charge on any atom is -0.497 e. The van der Waals surface area contributed by atoms with Crippen LogP contribution in [0, 0.1) is 0 Å². The van der Waals surface area contributed by atoms with Crippen molar-refractivity contribution in [3.05, 3.63) is 53.4 Å². The lowest BCUT2D eigenvalue weighted by Gasteiger charge is -2.28. The predicted molar refractivity (Wildman–Crippen MR) is 112 cm³/mol. The van der Waals surface area contributed by atoms with Crippen molar-refractivity contribution in [2.75, 3.05) is 30.5 Å². The Balaban J connectivity index is 1.54. The van der Waals surface area contributed by atoms with Gasteiger partial charge in [-0.3, -0.25) is 14.9 Å². The van der Waals surface area contributed by atoms with E-state index in [1.165, 1.54) is 11.3 Å². The van der Waals surface area contributed by atoms with E-state index >= 15 is 0 Å². The van der Waals surface area contributed by atoms with Crippen LogP contribution in [0.25, 0.3) is 11.3 Å². The SMILES string of the molecule is CCN1C(=O)COc2ccc(-c3csc(NC(=O)c4ccc(OC)cc4)n3)cc21. The van der Waals surface area contributed by atoms with Gasteiger partial charge in [-0.05, 0) is 49.4 Å². The van der Waals surface area contributed by atoms with Crippen molar-refractivity contribution in [1.29, 1.82) is 0 Å².